The molecule has 330 valence electrons. The number of benzene rings is 1. The van der Waals surface area contributed by atoms with Gasteiger partial charge in [0.1, 0.15) is 0 Å². The Labute approximate surface area is 441 Å². The van der Waals surface area contributed by atoms with Gasteiger partial charge in [-0.1, -0.05) is 30.5 Å². The standard InChI is InChI=1S/C35H74B20O4Si8/c1-24-30-27(3)32(64(16,17)56-60(6,7)8)33(65(18,19)57-61(9,10)11)28(4)31(30)29(5)63(14,15)59-67(22,23)35(51(40)41,55(45)49-37)53(43)47-26-62(12,13)58-66(20,21)34(50(38)39,54(44)48-36)52(42)46-25-2/h24H,25-26H2,1-23H3. The van der Waals surface area contributed by atoms with Crippen molar-refractivity contribution in [2.24, 2.45) is 0 Å². The fraction of sp³-hybridized carbons (Fsp3) is 0.771. The van der Waals surface area contributed by atoms with Gasteiger partial charge in [-0.3, -0.25) is 0 Å². The molecule has 1 aromatic carbocycles. The molecule has 67 heavy (non-hydrogen) atoms. The molecule has 24 radical (unpaired) electrons. The van der Waals surface area contributed by atoms with Gasteiger partial charge in [0.05, 0.1) is 14.3 Å². The molecule has 1 rings (SSSR count). The first kappa shape index (κ1) is 66.8. The third kappa shape index (κ3) is 14.8. The van der Waals surface area contributed by atoms with Crippen LogP contribution in [0, 0.1) is 13.8 Å². The predicted octanol–water partition coefficient (Wildman–Crippen LogP) is 1.57. The molecular formula is C35H74B20O4Si8. The molecule has 4 nitrogen and oxygen atoms in total. The second-order valence-electron chi connectivity index (χ2n) is 24.1. The molecule has 0 amide bonds. The SMILES string of the molecule is [B][B]B([B])C(B([B])[B])(B([B])[B]CC)[Si](C)(C)O[Si](C)(C)C[B]B([B])C(B([B])[B])(B([B])[B][B])[Si](C)(C)O[Si](C)(C)C(C)=c1c(C)c([Si](C)(C)O[Si](C)(C)C)c([Si](C)(C)O[Si](C)(C)C)c(C)c1=CC. The van der Waals surface area contributed by atoms with Gasteiger partial charge in [0.2, 0.25) is 25.0 Å². The van der Waals surface area contributed by atoms with Crippen LogP contribution in [0.4, 0.5) is 0 Å². The molecule has 0 bridgehead atoms. The number of hydrogen-bond donors (Lipinski definition) is 0. The predicted molar refractivity (Wildman–Crippen MR) is 345 cm³/mol. The Balaban J connectivity index is 4.26. The Kier molecular flexibility index (Phi) is 24.2. The molecule has 2 unspecified atom stereocenters. The van der Waals surface area contributed by atoms with Crippen molar-refractivity contribution < 1.29 is 16.5 Å². The van der Waals surface area contributed by atoms with Gasteiger partial charge in [0.15, 0.2) is 41.6 Å². The maximum absolute atomic E-state index is 7.75. The lowest BCUT2D eigenvalue weighted by atomic mass is 8.79. The molecule has 0 aliphatic heterocycles. The molecule has 0 heterocycles. The molecule has 0 aliphatic rings. The maximum atomic E-state index is 7.75. The summed E-state index contributed by atoms with van der Waals surface area (Å²) in [6.45, 7) is 46.7. The van der Waals surface area contributed by atoms with Gasteiger partial charge in [-0.2, -0.15) is 0 Å². The fourth-order valence-corrected chi connectivity index (χ4v) is 50.5. The Morgan fingerprint density at radius 1 is 0.552 bits per heavy atom. The first-order valence-corrected chi connectivity index (χ1v) is 48.7. The maximum Gasteiger partial charge on any atom is 0.206 e. The lowest BCUT2D eigenvalue weighted by molar-refractivity contribution is 0.545. The molecular weight excluding hydrogens is 925 g/mol. The van der Waals surface area contributed by atoms with Crippen LogP contribution in [0.15, 0.2) is 0 Å². The number of hydrogen-bond acceptors (Lipinski definition) is 4. The van der Waals surface area contributed by atoms with Crippen molar-refractivity contribution in [3.05, 3.63) is 21.6 Å². The van der Waals surface area contributed by atoms with E-state index >= 15 is 0 Å². The summed E-state index contributed by atoms with van der Waals surface area (Å²) in [4.78, 5) is 0. The fourth-order valence-electron chi connectivity index (χ4n) is 12.0. The van der Waals surface area contributed by atoms with Gasteiger partial charge in [-0.05, 0) is 177 Å². The first-order valence-electron chi connectivity index (χ1n) is 24.3. The minimum atomic E-state index is -3.20. The first-order chi connectivity index (χ1) is 29.8. The third-order valence-electron chi connectivity index (χ3n) is 14.1. The molecule has 0 aromatic heterocycles. The summed E-state index contributed by atoms with van der Waals surface area (Å²) in [5.74, 6) is 0.514. The summed E-state index contributed by atoms with van der Waals surface area (Å²) in [6.07, 6.45) is 2.96. The molecule has 0 saturated heterocycles. The molecule has 0 aliphatic carbocycles. The monoisotopic (exact) mass is 1000 g/mol. The van der Waals surface area contributed by atoms with Gasteiger partial charge >= 0.3 is 0 Å². The van der Waals surface area contributed by atoms with Crippen molar-refractivity contribution in [3.63, 3.8) is 0 Å². The van der Waals surface area contributed by atoms with Crippen LogP contribution in [0.3, 0.4) is 0 Å². The highest BCUT2D eigenvalue weighted by atomic mass is 28.4. The summed E-state index contributed by atoms with van der Waals surface area (Å²) in [7, 11) is 54.3. The molecule has 0 fully saturated rings. The molecule has 0 saturated carbocycles. The average Bonchev–Trinajstić information content (AvgIpc) is 3.10. The molecule has 0 spiro atoms. The quantitative estimate of drug-likeness (QED) is 0.132. The van der Waals surface area contributed by atoms with E-state index in [1.54, 1.807) is 0 Å². The lowest BCUT2D eigenvalue weighted by Gasteiger charge is -2.59. The molecule has 32 heteroatoms. The van der Waals surface area contributed by atoms with Crippen molar-refractivity contribution in [2.75, 3.05) is 0 Å². The summed E-state index contributed by atoms with van der Waals surface area (Å²) in [5.41, 5.74) is 2.52. The van der Waals surface area contributed by atoms with Gasteiger partial charge in [-0.25, -0.2) is 0 Å². The summed E-state index contributed by atoms with van der Waals surface area (Å²) >= 11 is 0. The van der Waals surface area contributed by atoms with Crippen LogP contribution in [-0.4, -0.2) is 211 Å². The minimum Gasteiger partial charge on any atom is -0.457 e. The zero-order valence-corrected chi connectivity index (χ0v) is 54.7. The van der Waals surface area contributed by atoms with Crippen LogP contribution in [0.2, 0.25) is 140 Å². The van der Waals surface area contributed by atoms with Crippen LogP contribution < -0.4 is 20.8 Å². The highest BCUT2D eigenvalue weighted by molar-refractivity contribution is 7.66. The van der Waals surface area contributed by atoms with Crippen molar-refractivity contribution in [2.45, 2.75) is 174 Å². The van der Waals surface area contributed by atoms with E-state index in [1.165, 1.54) is 51.3 Å². The van der Waals surface area contributed by atoms with Crippen LogP contribution in [0.25, 0.3) is 11.3 Å². The van der Waals surface area contributed by atoms with Crippen molar-refractivity contribution in [3.8, 4) is 0 Å². The van der Waals surface area contributed by atoms with Gasteiger partial charge in [0.25, 0.3) is 0 Å². The van der Waals surface area contributed by atoms with Gasteiger partial charge < -0.3 is 16.5 Å². The van der Waals surface area contributed by atoms with Gasteiger partial charge in [-0.15, -0.1) is 9.47 Å². The van der Waals surface area contributed by atoms with E-state index in [0.29, 0.717) is 12.3 Å². The van der Waals surface area contributed by atoms with E-state index in [2.05, 4.69) is 159 Å². The van der Waals surface area contributed by atoms with Crippen molar-refractivity contribution >= 4 is 233 Å². The second kappa shape index (κ2) is 24.2. The Morgan fingerprint density at radius 2 is 0.910 bits per heavy atom. The Morgan fingerprint density at radius 3 is 1.24 bits per heavy atom. The molecule has 2 atom stereocenters. The Bertz CT molecular complexity index is 1960. The zero-order valence-electron chi connectivity index (χ0n) is 46.7. The minimum absolute atomic E-state index is 0.514. The van der Waals surface area contributed by atoms with Crippen LogP contribution in [-0.2, 0) is 16.5 Å². The highest BCUT2D eigenvalue weighted by Crippen LogP contribution is 2.47. The smallest absolute Gasteiger partial charge is 0.206 e. The van der Waals surface area contributed by atoms with E-state index in [9.17, 15) is 0 Å². The zero-order chi connectivity index (χ0) is 53.3. The van der Waals surface area contributed by atoms with E-state index in [1.807, 2.05) is 14.1 Å². The van der Waals surface area contributed by atoms with Crippen LogP contribution >= 0.6 is 0 Å². The van der Waals surface area contributed by atoms with Crippen molar-refractivity contribution in [1.29, 1.82) is 0 Å². The normalized spacial score (nSPS) is 16.0. The average molecular weight is 1000 g/mol. The van der Waals surface area contributed by atoms with Gasteiger partial charge in [0, 0.05) is 130 Å². The Hall–Kier alpha value is 1.83. The number of rotatable bonds is 26. The van der Waals surface area contributed by atoms with Crippen LogP contribution in [0.5, 0.6) is 0 Å². The van der Waals surface area contributed by atoms with E-state index in [4.69, 9.17) is 93.8 Å². The van der Waals surface area contributed by atoms with E-state index in [-0.39, 0.29) is 0 Å². The molecule has 1 aromatic rings. The molecule has 0 N–H and O–H groups in total. The summed E-state index contributed by atoms with van der Waals surface area (Å²) in [5, 5.41) is 6.38. The highest BCUT2D eigenvalue weighted by Gasteiger charge is 2.59. The van der Waals surface area contributed by atoms with E-state index in [0.717, 1.165) is 0 Å². The van der Waals surface area contributed by atoms with E-state index < -0.39 is 115 Å². The van der Waals surface area contributed by atoms with Crippen LogP contribution in [0.1, 0.15) is 31.9 Å². The summed E-state index contributed by atoms with van der Waals surface area (Å²) in [6, 6.07) is 0. The summed E-state index contributed by atoms with van der Waals surface area (Å²) < 4.78 is 27.4. The largest absolute Gasteiger partial charge is 0.457 e. The topological polar surface area (TPSA) is 36.9 Å². The lowest BCUT2D eigenvalue weighted by Crippen LogP contribution is -2.75. The van der Waals surface area contributed by atoms with Crippen molar-refractivity contribution in [1.82, 2.24) is 0 Å². The second-order valence-corrected chi connectivity index (χ2v) is 58.4. The third-order valence-corrected chi connectivity index (χ3v) is 44.8.